The van der Waals surface area contributed by atoms with Gasteiger partial charge in [0.2, 0.25) is 0 Å². The van der Waals surface area contributed by atoms with Gasteiger partial charge >= 0.3 is 0 Å². The van der Waals surface area contributed by atoms with Crippen molar-refractivity contribution >= 4 is 0 Å². The van der Waals surface area contributed by atoms with Gasteiger partial charge in [-0.05, 0) is 46.2 Å². The van der Waals surface area contributed by atoms with Gasteiger partial charge in [-0.1, -0.05) is 0 Å². The van der Waals surface area contributed by atoms with Crippen LogP contribution in [-0.4, -0.2) is 67.8 Å². The summed E-state index contributed by atoms with van der Waals surface area (Å²) < 4.78 is 5.51. The molecule has 0 radical (unpaired) electrons. The molecule has 0 aromatic rings. The molecule has 0 amide bonds. The van der Waals surface area contributed by atoms with Crippen LogP contribution >= 0.6 is 0 Å². The summed E-state index contributed by atoms with van der Waals surface area (Å²) in [5.74, 6) is 0. The number of hydrogen-bond acceptors (Lipinski definition) is 4. The standard InChI is InChI=1S/C14H29N3O/c1-11-8-12(4-6-16(11)2)17-7-5-14(18-3)9-13(17)10-15/h11-14H,4-10,15H2,1-3H3. The van der Waals surface area contributed by atoms with Crippen molar-refractivity contribution in [2.75, 3.05) is 33.8 Å². The molecule has 0 saturated carbocycles. The van der Waals surface area contributed by atoms with Crippen LogP contribution in [-0.2, 0) is 4.74 Å². The molecule has 0 spiro atoms. The van der Waals surface area contributed by atoms with Crippen molar-refractivity contribution < 1.29 is 4.74 Å². The summed E-state index contributed by atoms with van der Waals surface area (Å²) in [5.41, 5.74) is 5.97. The highest BCUT2D eigenvalue weighted by molar-refractivity contribution is 4.91. The zero-order valence-electron chi connectivity index (χ0n) is 12.1. The average Bonchev–Trinajstić information content (AvgIpc) is 2.41. The van der Waals surface area contributed by atoms with Crippen molar-refractivity contribution in [1.82, 2.24) is 9.80 Å². The van der Waals surface area contributed by atoms with Crippen molar-refractivity contribution in [3.8, 4) is 0 Å². The summed E-state index contributed by atoms with van der Waals surface area (Å²) in [5, 5.41) is 0. The number of likely N-dealkylation sites (tertiary alicyclic amines) is 2. The SMILES string of the molecule is COC1CCN(C2CCN(C)C(C)C2)C(CN)C1. The fourth-order valence-electron chi connectivity index (χ4n) is 3.52. The second-order valence-electron chi connectivity index (χ2n) is 6.02. The Kier molecular flexibility index (Phi) is 5.01. The van der Waals surface area contributed by atoms with E-state index in [-0.39, 0.29) is 0 Å². The second-order valence-corrected chi connectivity index (χ2v) is 6.02. The van der Waals surface area contributed by atoms with Gasteiger partial charge in [0.1, 0.15) is 0 Å². The lowest BCUT2D eigenvalue weighted by Gasteiger charge is -2.47. The minimum Gasteiger partial charge on any atom is -0.381 e. The topological polar surface area (TPSA) is 41.7 Å². The molecule has 2 fully saturated rings. The third-order valence-electron chi connectivity index (χ3n) is 4.97. The van der Waals surface area contributed by atoms with Gasteiger partial charge in [0, 0.05) is 38.3 Å². The molecule has 2 heterocycles. The van der Waals surface area contributed by atoms with Crippen LogP contribution < -0.4 is 5.73 Å². The van der Waals surface area contributed by atoms with Crippen molar-refractivity contribution in [2.24, 2.45) is 5.73 Å². The third kappa shape index (κ3) is 3.05. The van der Waals surface area contributed by atoms with E-state index in [1.165, 1.54) is 19.4 Å². The van der Waals surface area contributed by atoms with E-state index in [1.807, 2.05) is 7.11 Å². The van der Waals surface area contributed by atoms with Crippen molar-refractivity contribution in [1.29, 1.82) is 0 Å². The Bertz CT molecular complexity index is 261. The highest BCUT2D eigenvalue weighted by Gasteiger charge is 2.35. The van der Waals surface area contributed by atoms with Crippen LogP contribution in [0.3, 0.4) is 0 Å². The van der Waals surface area contributed by atoms with Crippen LogP contribution in [0.2, 0.25) is 0 Å². The molecule has 2 saturated heterocycles. The molecular weight excluding hydrogens is 226 g/mol. The summed E-state index contributed by atoms with van der Waals surface area (Å²) >= 11 is 0. The first-order valence-corrected chi connectivity index (χ1v) is 7.34. The van der Waals surface area contributed by atoms with Crippen LogP contribution in [0.1, 0.15) is 32.6 Å². The fourth-order valence-corrected chi connectivity index (χ4v) is 3.52. The quantitative estimate of drug-likeness (QED) is 0.814. The second kappa shape index (κ2) is 6.33. The van der Waals surface area contributed by atoms with E-state index in [0.29, 0.717) is 18.2 Å². The Morgan fingerprint density at radius 3 is 2.61 bits per heavy atom. The van der Waals surface area contributed by atoms with Crippen LogP contribution in [0.15, 0.2) is 0 Å². The Morgan fingerprint density at radius 1 is 1.22 bits per heavy atom. The molecule has 2 aliphatic heterocycles. The largest absolute Gasteiger partial charge is 0.381 e. The number of methoxy groups -OCH3 is 1. The number of hydrogen-bond donors (Lipinski definition) is 1. The van der Waals surface area contributed by atoms with Crippen LogP contribution in [0, 0.1) is 0 Å². The van der Waals surface area contributed by atoms with Gasteiger partial charge in [0.05, 0.1) is 6.10 Å². The number of nitrogens with zero attached hydrogens (tertiary/aromatic N) is 2. The normalized spacial score (nSPS) is 40.0. The smallest absolute Gasteiger partial charge is 0.0599 e. The predicted octanol–water partition coefficient (Wildman–Crippen LogP) is 0.907. The fraction of sp³-hybridized carbons (Fsp3) is 1.00. The molecule has 0 aliphatic carbocycles. The molecule has 0 aromatic carbocycles. The van der Waals surface area contributed by atoms with E-state index in [9.17, 15) is 0 Å². The van der Waals surface area contributed by atoms with E-state index < -0.39 is 0 Å². The van der Waals surface area contributed by atoms with E-state index in [4.69, 9.17) is 10.5 Å². The predicted molar refractivity (Wildman–Crippen MR) is 74.7 cm³/mol. The van der Waals surface area contributed by atoms with Gasteiger partial charge in [-0.25, -0.2) is 0 Å². The molecular formula is C14H29N3O. The highest BCUT2D eigenvalue weighted by atomic mass is 16.5. The number of ether oxygens (including phenoxy) is 1. The maximum Gasteiger partial charge on any atom is 0.0599 e. The van der Waals surface area contributed by atoms with Crippen molar-refractivity contribution in [3.63, 3.8) is 0 Å². The lowest BCUT2D eigenvalue weighted by atomic mass is 9.91. The Morgan fingerprint density at radius 2 is 2.00 bits per heavy atom. The molecule has 0 bridgehead atoms. The maximum atomic E-state index is 5.97. The molecule has 18 heavy (non-hydrogen) atoms. The first kappa shape index (κ1) is 14.3. The van der Waals surface area contributed by atoms with Gasteiger partial charge in [0.15, 0.2) is 0 Å². The first-order valence-electron chi connectivity index (χ1n) is 7.34. The van der Waals surface area contributed by atoms with Crippen molar-refractivity contribution in [3.05, 3.63) is 0 Å². The molecule has 106 valence electrons. The molecule has 4 unspecified atom stereocenters. The Balaban J connectivity index is 1.95. The lowest BCUT2D eigenvalue weighted by Crippen LogP contribution is -2.56. The molecule has 2 rings (SSSR count). The number of rotatable bonds is 3. The number of piperidine rings is 2. The lowest BCUT2D eigenvalue weighted by molar-refractivity contribution is -0.0213. The summed E-state index contributed by atoms with van der Waals surface area (Å²) in [6, 6.07) is 1.94. The Hall–Kier alpha value is -0.160. The highest BCUT2D eigenvalue weighted by Crippen LogP contribution is 2.27. The molecule has 0 aromatic heterocycles. The molecule has 4 heteroatoms. The van der Waals surface area contributed by atoms with Gasteiger partial charge in [0.25, 0.3) is 0 Å². The zero-order valence-corrected chi connectivity index (χ0v) is 12.1. The monoisotopic (exact) mass is 255 g/mol. The first-order chi connectivity index (χ1) is 8.65. The van der Waals surface area contributed by atoms with Crippen LogP contribution in [0.4, 0.5) is 0 Å². The maximum absolute atomic E-state index is 5.97. The van der Waals surface area contributed by atoms with E-state index >= 15 is 0 Å². The molecule has 2 aliphatic rings. The molecule has 4 atom stereocenters. The summed E-state index contributed by atoms with van der Waals surface area (Å²) in [6.45, 7) is 5.47. The zero-order chi connectivity index (χ0) is 13.1. The summed E-state index contributed by atoms with van der Waals surface area (Å²) in [6.07, 6.45) is 5.25. The van der Waals surface area contributed by atoms with Crippen molar-refractivity contribution in [2.45, 2.75) is 56.8 Å². The number of nitrogens with two attached hydrogens (primary N) is 1. The molecule has 4 nitrogen and oxygen atoms in total. The molecule has 2 N–H and O–H groups in total. The third-order valence-corrected chi connectivity index (χ3v) is 4.97. The van der Waals surface area contributed by atoms with Crippen LogP contribution in [0.5, 0.6) is 0 Å². The van der Waals surface area contributed by atoms with Gasteiger partial charge in [-0.2, -0.15) is 0 Å². The van der Waals surface area contributed by atoms with E-state index in [2.05, 4.69) is 23.8 Å². The minimum absolute atomic E-state index is 0.415. The average molecular weight is 255 g/mol. The Labute approximate surface area is 111 Å². The van der Waals surface area contributed by atoms with Gasteiger partial charge in [-0.15, -0.1) is 0 Å². The van der Waals surface area contributed by atoms with Crippen LogP contribution in [0.25, 0.3) is 0 Å². The summed E-state index contributed by atoms with van der Waals surface area (Å²) in [7, 11) is 4.06. The summed E-state index contributed by atoms with van der Waals surface area (Å²) in [4.78, 5) is 5.13. The van der Waals surface area contributed by atoms with E-state index in [1.54, 1.807) is 0 Å². The van der Waals surface area contributed by atoms with Gasteiger partial charge in [-0.3, -0.25) is 4.90 Å². The minimum atomic E-state index is 0.415. The van der Waals surface area contributed by atoms with Gasteiger partial charge < -0.3 is 15.4 Å². The van der Waals surface area contributed by atoms with E-state index in [0.717, 1.165) is 32.0 Å².